The number of fused-ring (bicyclic) bond motifs is 2. The molecule has 3 aromatic carbocycles. The number of hydrogen-bond donors (Lipinski definition) is 1. The molecule has 0 spiro atoms. The number of para-hydroxylation sites is 2. The third-order valence-electron chi connectivity index (χ3n) is 5.63. The number of carbonyl (C=O) groups excluding carboxylic acids is 1. The summed E-state index contributed by atoms with van der Waals surface area (Å²) in [7, 11) is 1.65. The number of ether oxygens (including phenoxy) is 3. The highest BCUT2D eigenvalue weighted by atomic mass is 16.6. The average Bonchev–Trinajstić information content (AvgIpc) is 3.25. The van der Waals surface area contributed by atoms with E-state index in [0.717, 1.165) is 40.1 Å². The zero-order valence-corrected chi connectivity index (χ0v) is 18.4. The van der Waals surface area contributed by atoms with Crippen LogP contribution in [0.4, 0.5) is 0 Å². The lowest BCUT2D eigenvalue weighted by atomic mass is 10.1. The smallest absolute Gasteiger partial charge is 0.251 e. The van der Waals surface area contributed by atoms with Gasteiger partial charge in [0, 0.05) is 23.7 Å². The van der Waals surface area contributed by atoms with Gasteiger partial charge in [0.15, 0.2) is 17.6 Å². The highest BCUT2D eigenvalue weighted by molar-refractivity contribution is 5.97. The highest BCUT2D eigenvalue weighted by Gasteiger charge is 2.21. The monoisotopic (exact) mass is 443 g/mol. The number of amides is 1. The maximum atomic E-state index is 12.6. The maximum Gasteiger partial charge on any atom is 0.251 e. The number of nitrogens with zero attached hydrogens (tertiary/aromatic N) is 2. The largest absolute Gasteiger partial charge is 0.497 e. The lowest BCUT2D eigenvalue weighted by Gasteiger charge is -2.26. The summed E-state index contributed by atoms with van der Waals surface area (Å²) in [6.07, 6.45) is 2.56. The van der Waals surface area contributed by atoms with Gasteiger partial charge in [0.1, 0.15) is 12.4 Å². The van der Waals surface area contributed by atoms with E-state index in [4.69, 9.17) is 14.2 Å². The molecule has 0 saturated heterocycles. The molecule has 0 bridgehead atoms. The van der Waals surface area contributed by atoms with Gasteiger partial charge in [-0.1, -0.05) is 24.3 Å². The zero-order chi connectivity index (χ0) is 22.6. The van der Waals surface area contributed by atoms with Crippen LogP contribution in [0.25, 0.3) is 10.9 Å². The van der Waals surface area contributed by atoms with Crippen molar-refractivity contribution in [1.82, 2.24) is 15.1 Å². The molecule has 4 aromatic rings. The maximum absolute atomic E-state index is 12.6. The van der Waals surface area contributed by atoms with E-state index >= 15 is 0 Å². The van der Waals surface area contributed by atoms with Gasteiger partial charge in [0.2, 0.25) is 0 Å². The first-order valence-electron chi connectivity index (χ1n) is 10.9. The first-order chi connectivity index (χ1) is 16.2. The first-order valence-corrected chi connectivity index (χ1v) is 10.9. The summed E-state index contributed by atoms with van der Waals surface area (Å²) in [5.41, 5.74) is 2.59. The number of aromatic nitrogens is 2. The van der Waals surface area contributed by atoms with Crippen LogP contribution in [0.2, 0.25) is 0 Å². The Morgan fingerprint density at radius 3 is 2.76 bits per heavy atom. The highest BCUT2D eigenvalue weighted by Crippen LogP contribution is 2.31. The summed E-state index contributed by atoms with van der Waals surface area (Å²) in [6, 6.07) is 21.1. The molecule has 1 N–H and O–H groups in total. The van der Waals surface area contributed by atoms with Gasteiger partial charge < -0.3 is 19.5 Å². The Morgan fingerprint density at radius 2 is 1.94 bits per heavy atom. The summed E-state index contributed by atoms with van der Waals surface area (Å²) in [4.78, 5) is 12.6. The Labute approximate surface area is 191 Å². The Morgan fingerprint density at radius 1 is 1.12 bits per heavy atom. The molecule has 1 aromatic heterocycles. The topological polar surface area (TPSA) is 74.6 Å². The fraction of sp³-hybridized carbons (Fsp3) is 0.231. The normalized spacial score (nSPS) is 14.8. The van der Waals surface area contributed by atoms with Crippen molar-refractivity contribution in [3.05, 3.63) is 84.1 Å². The van der Waals surface area contributed by atoms with Crippen molar-refractivity contribution >= 4 is 16.8 Å². The van der Waals surface area contributed by atoms with Crippen molar-refractivity contribution in [3.8, 4) is 17.2 Å². The predicted molar refractivity (Wildman–Crippen MR) is 125 cm³/mol. The SMILES string of the molecule is COc1ccc(CCNC(=O)c2ccc3nn(CC4COc5ccccc5O4)cc3c2)cc1. The Kier molecular flexibility index (Phi) is 5.85. The quantitative estimate of drug-likeness (QED) is 0.470. The van der Waals surface area contributed by atoms with E-state index in [1.807, 2.05) is 71.5 Å². The second kappa shape index (κ2) is 9.24. The summed E-state index contributed by atoms with van der Waals surface area (Å²) in [6.45, 7) is 1.59. The number of carbonyl (C=O) groups is 1. The van der Waals surface area contributed by atoms with Gasteiger partial charge in [0.05, 0.1) is 19.2 Å². The molecular weight excluding hydrogens is 418 g/mol. The van der Waals surface area contributed by atoms with E-state index in [1.54, 1.807) is 13.2 Å². The number of nitrogens with one attached hydrogen (secondary N) is 1. The molecule has 168 valence electrons. The lowest BCUT2D eigenvalue weighted by Crippen LogP contribution is -2.33. The predicted octanol–water partition coefficient (Wildman–Crippen LogP) is 3.86. The van der Waals surface area contributed by atoms with Crippen LogP contribution in [0.15, 0.2) is 72.9 Å². The van der Waals surface area contributed by atoms with Crippen molar-refractivity contribution in [2.75, 3.05) is 20.3 Å². The van der Waals surface area contributed by atoms with E-state index in [9.17, 15) is 4.79 Å². The van der Waals surface area contributed by atoms with Gasteiger partial charge in [-0.2, -0.15) is 5.10 Å². The summed E-state index contributed by atoms with van der Waals surface area (Å²) in [5.74, 6) is 2.24. The summed E-state index contributed by atoms with van der Waals surface area (Å²) >= 11 is 0. The number of rotatable bonds is 7. The molecule has 33 heavy (non-hydrogen) atoms. The van der Waals surface area contributed by atoms with Crippen LogP contribution in [0.3, 0.4) is 0 Å². The van der Waals surface area contributed by atoms with Gasteiger partial charge >= 0.3 is 0 Å². The molecule has 7 heteroatoms. The summed E-state index contributed by atoms with van der Waals surface area (Å²) in [5, 5.41) is 8.52. The van der Waals surface area contributed by atoms with Gasteiger partial charge in [-0.15, -0.1) is 0 Å². The van der Waals surface area contributed by atoms with Crippen LogP contribution in [-0.4, -0.2) is 42.1 Å². The Balaban J connectivity index is 1.19. The van der Waals surface area contributed by atoms with Crippen LogP contribution in [0.1, 0.15) is 15.9 Å². The van der Waals surface area contributed by atoms with Gasteiger partial charge in [-0.05, 0) is 54.4 Å². The third kappa shape index (κ3) is 4.77. The molecular formula is C26H25N3O4. The Hall–Kier alpha value is -4.00. The molecule has 1 aliphatic rings. The van der Waals surface area contributed by atoms with E-state index < -0.39 is 0 Å². The fourth-order valence-electron chi connectivity index (χ4n) is 3.89. The average molecular weight is 444 g/mol. The molecule has 1 unspecified atom stereocenters. The second-order valence-corrected chi connectivity index (χ2v) is 7.98. The third-order valence-corrected chi connectivity index (χ3v) is 5.63. The van der Waals surface area contributed by atoms with Crippen molar-refractivity contribution in [1.29, 1.82) is 0 Å². The van der Waals surface area contributed by atoms with Crippen LogP contribution in [0, 0.1) is 0 Å². The van der Waals surface area contributed by atoms with Crippen LogP contribution < -0.4 is 19.5 Å². The lowest BCUT2D eigenvalue weighted by molar-refractivity contribution is 0.0760. The van der Waals surface area contributed by atoms with E-state index in [0.29, 0.717) is 25.3 Å². The molecule has 1 amide bonds. The molecule has 0 saturated carbocycles. The molecule has 0 radical (unpaired) electrons. The second-order valence-electron chi connectivity index (χ2n) is 7.98. The van der Waals surface area contributed by atoms with Crippen LogP contribution in [-0.2, 0) is 13.0 Å². The van der Waals surface area contributed by atoms with E-state index in [1.165, 1.54) is 0 Å². The molecule has 7 nitrogen and oxygen atoms in total. The molecule has 1 aliphatic heterocycles. The van der Waals surface area contributed by atoms with Gasteiger partial charge in [0.25, 0.3) is 5.91 Å². The number of hydrogen-bond acceptors (Lipinski definition) is 5. The minimum atomic E-state index is -0.130. The minimum absolute atomic E-state index is 0.0983. The zero-order valence-electron chi connectivity index (χ0n) is 18.4. The van der Waals surface area contributed by atoms with Crippen LogP contribution >= 0.6 is 0 Å². The van der Waals surface area contributed by atoms with Crippen molar-refractivity contribution in [2.45, 2.75) is 19.1 Å². The van der Waals surface area contributed by atoms with Crippen molar-refractivity contribution in [2.24, 2.45) is 0 Å². The minimum Gasteiger partial charge on any atom is -0.497 e. The molecule has 5 rings (SSSR count). The van der Waals surface area contributed by atoms with E-state index in [-0.39, 0.29) is 12.0 Å². The fourth-order valence-corrected chi connectivity index (χ4v) is 3.89. The molecule has 0 fully saturated rings. The standard InChI is InChI=1S/C26H25N3O4/c1-31-21-9-6-18(7-10-21)12-13-27-26(30)19-8-11-23-20(14-19)15-29(28-23)16-22-17-32-24-4-2-3-5-25(24)33-22/h2-11,14-15,22H,12-13,16-17H2,1H3,(H,27,30). The van der Waals surface area contributed by atoms with Crippen molar-refractivity contribution in [3.63, 3.8) is 0 Å². The van der Waals surface area contributed by atoms with Crippen LogP contribution in [0.5, 0.6) is 17.2 Å². The van der Waals surface area contributed by atoms with E-state index in [2.05, 4.69) is 10.4 Å². The molecule has 2 heterocycles. The molecule has 1 atom stereocenters. The number of methoxy groups -OCH3 is 1. The summed E-state index contributed by atoms with van der Waals surface area (Å²) < 4.78 is 18.8. The molecule has 0 aliphatic carbocycles. The van der Waals surface area contributed by atoms with Gasteiger partial charge in [-0.3, -0.25) is 9.48 Å². The first kappa shape index (κ1) is 20.9. The number of benzene rings is 3. The Bertz CT molecular complexity index is 1270. The van der Waals surface area contributed by atoms with Gasteiger partial charge in [-0.25, -0.2) is 0 Å². The van der Waals surface area contributed by atoms with Crippen molar-refractivity contribution < 1.29 is 19.0 Å².